The fraction of sp³-hybridized carbons (Fsp3) is 0.667. The molecule has 0 spiro atoms. The third-order valence-corrected chi connectivity index (χ3v) is 1.97. The van der Waals surface area contributed by atoms with Crippen LogP contribution < -0.4 is 0 Å². The predicted molar refractivity (Wildman–Crippen MR) is 48.2 cm³/mol. The number of rotatable bonds is 4. The molecule has 0 aromatic carbocycles. The van der Waals surface area contributed by atoms with Gasteiger partial charge >= 0.3 is 6.18 Å². The van der Waals surface area contributed by atoms with Crippen LogP contribution >= 0.6 is 0 Å². The molecule has 0 aliphatic carbocycles. The highest BCUT2D eigenvalue weighted by Crippen LogP contribution is 2.22. The molecular weight excluding hydrogens is 209 g/mol. The number of nitrogens with zero attached hydrogens (tertiary/aromatic N) is 2. The van der Waals surface area contributed by atoms with Gasteiger partial charge < -0.3 is 5.11 Å². The van der Waals surface area contributed by atoms with Gasteiger partial charge in [-0.2, -0.15) is 18.3 Å². The number of hydrogen-bond donors (Lipinski definition) is 1. The van der Waals surface area contributed by atoms with Crippen LogP contribution in [0.3, 0.4) is 0 Å². The normalized spacial score (nSPS) is 14.2. The summed E-state index contributed by atoms with van der Waals surface area (Å²) in [7, 11) is 1.71. The molecule has 1 unspecified atom stereocenters. The lowest BCUT2D eigenvalue weighted by Gasteiger charge is -2.10. The van der Waals surface area contributed by atoms with Crippen LogP contribution in [0.1, 0.15) is 18.5 Å². The minimum Gasteiger partial charge on any atom is -0.393 e. The Hall–Kier alpha value is -1.04. The van der Waals surface area contributed by atoms with Crippen molar-refractivity contribution in [3.63, 3.8) is 0 Å². The maximum Gasteiger partial charge on any atom is 0.389 e. The van der Waals surface area contributed by atoms with Crippen LogP contribution in [0.2, 0.25) is 0 Å². The molecule has 15 heavy (non-hydrogen) atoms. The molecule has 0 radical (unpaired) electrons. The number of aliphatic hydroxyl groups is 1. The molecule has 3 nitrogen and oxygen atoms in total. The lowest BCUT2D eigenvalue weighted by Crippen LogP contribution is -2.16. The maximum absolute atomic E-state index is 11.8. The molecule has 1 heterocycles. The van der Waals surface area contributed by atoms with E-state index in [1.807, 2.05) is 0 Å². The van der Waals surface area contributed by atoms with E-state index in [4.69, 9.17) is 0 Å². The Balaban J connectivity index is 2.33. The molecular formula is C9H13F3N2O. The second kappa shape index (κ2) is 4.65. The molecule has 0 aliphatic heterocycles. The fourth-order valence-corrected chi connectivity index (χ4v) is 1.25. The summed E-state index contributed by atoms with van der Waals surface area (Å²) in [6, 6.07) is 1.68. The van der Waals surface area contributed by atoms with Gasteiger partial charge in [0.15, 0.2) is 0 Å². The van der Waals surface area contributed by atoms with Crippen molar-refractivity contribution >= 4 is 0 Å². The average Bonchev–Trinajstić information content (AvgIpc) is 2.47. The van der Waals surface area contributed by atoms with E-state index in [1.54, 1.807) is 24.0 Å². The van der Waals surface area contributed by atoms with Crippen molar-refractivity contribution in [3.8, 4) is 0 Å². The van der Waals surface area contributed by atoms with Gasteiger partial charge in [0.2, 0.25) is 0 Å². The zero-order valence-electron chi connectivity index (χ0n) is 8.33. The number of aromatic nitrogens is 2. The number of aliphatic hydroxyl groups excluding tert-OH is 1. The Kier molecular flexibility index (Phi) is 3.73. The standard InChI is InChI=1S/C9H13F3N2O/c1-14-5-3-7(13-14)6-8(15)2-4-9(10,11)12/h3,5,8,15H,2,4,6H2,1H3. The highest BCUT2D eigenvalue weighted by atomic mass is 19.4. The molecule has 1 rings (SSSR count). The van der Waals surface area contributed by atoms with Crippen molar-refractivity contribution in [2.75, 3.05) is 0 Å². The van der Waals surface area contributed by atoms with E-state index < -0.39 is 18.7 Å². The summed E-state index contributed by atoms with van der Waals surface area (Å²) in [4.78, 5) is 0. The van der Waals surface area contributed by atoms with E-state index in [0.29, 0.717) is 5.69 Å². The lowest BCUT2D eigenvalue weighted by molar-refractivity contribution is -0.139. The average molecular weight is 222 g/mol. The van der Waals surface area contributed by atoms with Crippen LogP contribution in [0.25, 0.3) is 0 Å². The Labute approximate surface area is 85.5 Å². The molecule has 0 saturated heterocycles. The summed E-state index contributed by atoms with van der Waals surface area (Å²) in [6.07, 6.45) is -4.57. The van der Waals surface area contributed by atoms with Gasteiger partial charge in [0.25, 0.3) is 0 Å². The number of alkyl halides is 3. The van der Waals surface area contributed by atoms with Crippen LogP contribution in [0.15, 0.2) is 12.3 Å². The summed E-state index contributed by atoms with van der Waals surface area (Å²) in [5.41, 5.74) is 0.604. The van der Waals surface area contributed by atoms with Crippen molar-refractivity contribution in [2.24, 2.45) is 7.05 Å². The third-order valence-electron chi connectivity index (χ3n) is 1.97. The summed E-state index contributed by atoms with van der Waals surface area (Å²) in [5, 5.41) is 13.3. The van der Waals surface area contributed by atoms with E-state index in [2.05, 4.69) is 5.10 Å². The van der Waals surface area contributed by atoms with E-state index >= 15 is 0 Å². The van der Waals surface area contributed by atoms with Crippen LogP contribution in [-0.2, 0) is 13.5 Å². The van der Waals surface area contributed by atoms with Crippen LogP contribution in [0.4, 0.5) is 13.2 Å². The molecule has 0 fully saturated rings. The highest BCUT2D eigenvalue weighted by Gasteiger charge is 2.27. The quantitative estimate of drug-likeness (QED) is 0.841. The summed E-state index contributed by atoms with van der Waals surface area (Å²) >= 11 is 0. The smallest absolute Gasteiger partial charge is 0.389 e. The van der Waals surface area contributed by atoms with E-state index in [0.717, 1.165) is 0 Å². The molecule has 1 aromatic rings. The Bertz CT molecular complexity index is 309. The molecule has 0 bridgehead atoms. The van der Waals surface area contributed by atoms with Gasteiger partial charge in [-0.25, -0.2) is 0 Å². The van der Waals surface area contributed by atoms with Crippen molar-refractivity contribution in [1.29, 1.82) is 0 Å². The Morgan fingerprint density at radius 2 is 2.20 bits per heavy atom. The van der Waals surface area contributed by atoms with Crippen molar-refractivity contribution in [3.05, 3.63) is 18.0 Å². The van der Waals surface area contributed by atoms with Gasteiger partial charge in [0.05, 0.1) is 11.8 Å². The van der Waals surface area contributed by atoms with E-state index in [-0.39, 0.29) is 12.8 Å². The van der Waals surface area contributed by atoms with Crippen LogP contribution in [0.5, 0.6) is 0 Å². The van der Waals surface area contributed by atoms with Crippen LogP contribution in [0, 0.1) is 0 Å². The van der Waals surface area contributed by atoms with Gasteiger partial charge in [-0.3, -0.25) is 4.68 Å². The largest absolute Gasteiger partial charge is 0.393 e. The first-order valence-corrected chi connectivity index (χ1v) is 4.60. The molecule has 0 saturated carbocycles. The minimum absolute atomic E-state index is 0.164. The van der Waals surface area contributed by atoms with Crippen LogP contribution in [-0.4, -0.2) is 27.2 Å². The predicted octanol–water partition coefficient (Wildman–Crippen LogP) is 1.67. The number of hydrogen-bond acceptors (Lipinski definition) is 2. The monoisotopic (exact) mass is 222 g/mol. The second-order valence-corrected chi connectivity index (χ2v) is 3.49. The molecule has 1 atom stereocenters. The zero-order chi connectivity index (χ0) is 11.5. The SMILES string of the molecule is Cn1ccc(CC(O)CCC(F)(F)F)n1. The number of aryl methyl sites for hydroxylation is 1. The van der Waals surface area contributed by atoms with Crippen molar-refractivity contribution < 1.29 is 18.3 Å². The number of halogens is 3. The van der Waals surface area contributed by atoms with Gasteiger partial charge in [-0.15, -0.1) is 0 Å². The first-order chi connectivity index (χ1) is 6.87. The van der Waals surface area contributed by atoms with Crippen molar-refractivity contribution in [2.45, 2.75) is 31.5 Å². The molecule has 1 aromatic heterocycles. The Morgan fingerprint density at radius 1 is 1.53 bits per heavy atom. The summed E-state index contributed by atoms with van der Waals surface area (Å²) < 4.78 is 37.0. The maximum atomic E-state index is 11.8. The van der Waals surface area contributed by atoms with Gasteiger partial charge in [-0.1, -0.05) is 0 Å². The fourth-order valence-electron chi connectivity index (χ4n) is 1.25. The topological polar surface area (TPSA) is 38.0 Å². The lowest BCUT2D eigenvalue weighted by atomic mass is 10.1. The van der Waals surface area contributed by atoms with Gasteiger partial charge in [-0.05, 0) is 12.5 Å². The van der Waals surface area contributed by atoms with Gasteiger partial charge in [0.1, 0.15) is 0 Å². The zero-order valence-corrected chi connectivity index (χ0v) is 8.33. The van der Waals surface area contributed by atoms with E-state index in [9.17, 15) is 18.3 Å². The van der Waals surface area contributed by atoms with E-state index in [1.165, 1.54) is 0 Å². The summed E-state index contributed by atoms with van der Waals surface area (Å²) in [5.74, 6) is 0. The Morgan fingerprint density at radius 3 is 2.67 bits per heavy atom. The second-order valence-electron chi connectivity index (χ2n) is 3.49. The highest BCUT2D eigenvalue weighted by molar-refractivity contribution is 5.00. The first kappa shape index (κ1) is 12.0. The molecule has 0 amide bonds. The third kappa shape index (κ3) is 4.83. The van der Waals surface area contributed by atoms with Crippen molar-refractivity contribution in [1.82, 2.24) is 9.78 Å². The molecule has 6 heteroatoms. The minimum atomic E-state index is -4.20. The summed E-state index contributed by atoms with van der Waals surface area (Å²) in [6.45, 7) is 0. The van der Waals surface area contributed by atoms with Gasteiger partial charge in [0, 0.05) is 26.1 Å². The molecule has 86 valence electrons. The molecule has 0 aliphatic rings. The first-order valence-electron chi connectivity index (χ1n) is 4.60. The molecule has 1 N–H and O–H groups in total.